The van der Waals surface area contributed by atoms with E-state index < -0.39 is 17.8 Å². The molecule has 184 valence electrons. The lowest BCUT2D eigenvalue weighted by atomic mass is 10.0. The van der Waals surface area contributed by atoms with Gasteiger partial charge in [0.1, 0.15) is 5.57 Å². The number of carbonyl (C=O) groups is 3. The summed E-state index contributed by atoms with van der Waals surface area (Å²) in [5.74, 6) is -1.16. The number of rotatable bonds is 5. The quantitative estimate of drug-likeness (QED) is 0.234. The number of anilines is 1. The zero-order chi connectivity index (χ0) is 26.1. The average molecular weight is 502 g/mol. The van der Waals surface area contributed by atoms with Crippen LogP contribution in [-0.2, 0) is 14.3 Å². The maximum Gasteiger partial charge on any atom is 0.339 e. The van der Waals surface area contributed by atoms with Gasteiger partial charge in [0.15, 0.2) is 5.11 Å². The number of para-hydroxylation sites is 1. The minimum Gasteiger partial charge on any atom is -0.465 e. The van der Waals surface area contributed by atoms with Gasteiger partial charge in [-0.2, -0.15) is 0 Å². The van der Waals surface area contributed by atoms with E-state index in [-0.39, 0.29) is 10.7 Å². The molecule has 0 radical (unpaired) electrons. The van der Waals surface area contributed by atoms with Crippen LogP contribution in [0.4, 0.5) is 5.69 Å². The SMILES string of the molecule is COC(=O)c1ccccc1-n1c(C)cc(/C=C2\C(=O)NC(=S)N(c3ccc(C(C)C)cc3)C2=O)c1C. The average Bonchev–Trinajstić information content (AvgIpc) is 3.13. The maximum absolute atomic E-state index is 13.5. The highest BCUT2D eigenvalue weighted by Gasteiger charge is 2.34. The van der Waals surface area contributed by atoms with E-state index in [0.717, 1.165) is 17.0 Å². The van der Waals surface area contributed by atoms with Crippen molar-refractivity contribution in [1.29, 1.82) is 0 Å². The molecule has 8 heteroatoms. The number of hydrogen-bond acceptors (Lipinski definition) is 5. The molecule has 3 aromatic rings. The van der Waals surface area contributed by atoms with Crippen molar-refractivity contribution in [1.82, 2.24) is 9.88 Å². The topological polar surface area (TPSA) is 80.6 Å². The van der Waals surface area contributed by atoms with E-state index >= 15 is 0 Å². The number of amides is 2. The summed E-state index contributed by atoms with van der Waals surface area (Å²) >= 11 is 5.33. The van der Waals surface area contributed by atoms with Crippen molar-refractivity contribution >= 4 is 46.9 Å². The van der Waals surface area contributed by atoms with Crippen LogP contribution < -0.4 is 10.2 Å². The van der Waals surface area contributed by atoms with Gasteiger partial charge in [-0.15, -0.1) is 0 Å². The van der Waals surface area contributed by atoms with Crippen LogP contribution in [0.15, 0.2) is 60.2 Å². The predicted octanol–water partition coefficient (Wildman–Crippen LogP) is 4.84. The van der Waals surface area contributed by atoms with Gasteiger partial charge in [0.2, 0.25) is 0 Å². The predicted molar refractivity (Wildman–Crippen MR) is 143 cm³/mol. The number of aromatic nitrogens is 1. The lowest BCUT2D eigenvalue weighted by Gasteiger charge is -2.29. The number of hydrogen-bond donors (Lipinski definition) is 1. The summed E-state index contributed by atoms with van der Waals surface area (Å²) in [6.45, 7) is 7.94. The number of ether oxygens (including phenoxy) is 1. The zero-order valence-electron chi connectivity index (χ0n) is 20.8. The third-order valence-electron chi connectivity index (χ3n) is 6.24. The van der Waals surface area contributed by atoms with Crippen molar-refractivity contribution in [3.8, 4) is 5.69 Å². The molecular weight excluding hydrogens is 474 g/mol. The van der Waals surface area contributed by atoms with Gasteiger partial charge in [-0.3, -0.25) is 19.8 Å². The van der Waals surface area contributed by atoms with Crippen LogP contribution in [0, 0.1) is 13.8 Å². The molecule has 2 heterocycles. The number of carbonyl (C=O) groups excluding carboxylic acids is 3. The number of aryl methyl sites for hydroxylation is 1. The summed E-state index contributed by atoms with van der Waals surface area (Å²) in [5.41, 5.74) is 5.01. The van der Waals surface area contributed by atoms with Crippen molar-refractivity contribution in [2.45, 2.75) is 33.6 Å². The standard InChI is InChI=1S/C28H27N3O4S/c1-16(2)19-10-12-21(13-11-19)31-26(33)23(25(32)29-28(31)36)15-20-14-17(3)30(18(20)4)24-9-7-6-8-22(24)27(34)35-5/h6-16H,1-5H3,(H,29,32,36)/b23-15+. The number of esters is 1. The minimum absolute atomic E-state index is 0.0296. The van der Waals surface area contributed by atoms with Gasteiger partial charge in [0.25, 0.3) is 11.8 Å². The van der Waals surface area contributed by atoms with Crippen LogP contribution in [-0.4, -0.2) is 34.6 Å². The molecule has 1 aromatic heterocycles. The Balaban J connectivity index is 1.76. The van der Waals surface area contributed by atoms with Crippen LogP contribution in [0.25, 0.3) is 11.8 Å². The normalized spacial score (nSPS) is 15.0. The molecule has 0 bridgehead atoms. The van der Waals surface area contributed by atoms with E-state index in [1.54, 1.807) is 18.2 Å². The van der Waals surface area contributed by atoms with Gasteiger partial charge < -0.3 is 9.30 Å². The van der Waals surface area contributed by atoms with Gasteiger partial charge in [0, 0.05) is 11.4 Å². The Labute approximate surface area is 215 Å². The van der Waals surface area contributed by atoms with E-state index in [2.05, 4.69) is 19.2 Å². The Morgan fingerprint density at radius 3 is 2.36 bits per heavy atom. The fourth-order valence-corrected chi connectivity index (χ4v) is 4.59. The summed E-state index contributed by atoms with van der Waals surface area (Å²) in [6, 6.07) is 16.5. The Kier molecular flexibility index (Phi) is 6.90. The maximum atomic E-state index is 13.5. The molecular formula is C28H27N3O4S. The molecule has 2 amide bonds. The molecule has 1 aliphatic heterocycles. The monoisotopic (exact) mass is 501 g/mol. The summed E-state index contributed by atoms with van der Waals surface area (Å²) in [6.07, 6.45) is 1.56. The van der Waals surface area contributed by atoms with Gasteiger partial charge in [0.05, 0.1) is 24.0 Å². The molecule has 0 aliphatic carbocycles. The van der Waals surface area contributed by atoms with Crippen LogP contribution >= 0.6 is 12.2 Å². The second-order valence-electron chi connectivity index (χ2n) is 8.87. The fourth-order valence-electron chi connectivity index (χ4n) is 4.31. The first-order valence-electron chi connectivity index (χ1n) is 11.5. The molecule has 1 N–H and O–H groups in total. The second-order valence-corrected chi connectivity index (χ2v) is 9.26. The first-order chi connectivity index (χ1) is 17.1. The highest BCUT2D eigenvalue weighted by Crippen LogP contribution is 2.28. The summed E-state index contributed by atoms with van der Waals surface area (Å²) in [4.78, 5) is 39.9. The van der Waals surface area contributed by atoms with Crippen molar-refractivity contribution in [2.24, 2.45) is 0 Å². The molecule has 7 nitrogen and oxygen atoms in total. The zero-order valence-corrected chi connectivity index (χ0v) is 21.6. The molecule has 0 spiro atoms. The Hall–Kier alpha value is -4.04. The third-order valence-corrected chi connectivity index (χ3v) is 6.52. The first-order valence-corrected chi connectivity index (χ1v) is 11.9. The molecule has 1 aliphatic rings. The first kappa shape index (κ1) is 25.1. The van der Waals surface area contributed by atoms with Crippen molar-refractivity contribution in [3.05, 3.63) is 88.2 Å². The highest BCUT2D eigenvalue weighted by atomic mass is 32.1. The van der Waals surface area contributed by atoms with Gasteiger partial charge in [-0.25, -0.2) is 4.79 Å². The fraction of sp³-hybridized carbons (Fsp3) is 0.214. The largest absolute Gasteiger partial charge is 0.465 e. The summed E-state index contributed by atoms with van der Waals surface area (Å²) < 4.78 is 6.84. The third kappa shape index (κ3) is 4.47. The van der Waals surface area contributed by atoms with Gasteiger partial charge >= 0.3 is 5.97 Å². The minimum atomic E-state index is -0.556. The number of thiocarbonyl (C=S) groups is 1. The van der Waals surface area contributed by atoms with Crippen molar-refractivity contribution in [2.75, 3.05) is 12.0 Å². The van der Waals surface area contributed by atoms with Gasteiger partial charge in [-0.1, -0.05) is 38.1 Å². The lowest BCUT2D eigenvalue weighted by molar-refractivity contribution is -0.122. The Morgan fingerprint density at radius 1 is 1.06 bits per heavy atom. The number of benzene rings is 2. The van der Waals surface area contributed by atoms with Crippen LogP contribution in [0.1, 0.15) is 52.6 Å². The number of nitrogens with one attached hydrogen (secondary N) is 1. The lowest BCUT2D eigenvalue weighted by Crippen LogP contribution is -2.54. The van der Waals surface area contributed by atoms with Crippen LogP contribution in [0.3, 0.4) is 0 Å². The molecule has 4 rings (SSSR count). The Morgan fingerprint density at radius 2 is 1.72 bits per heavy atom. The molecule has 1 saturated heterocycles. The molecule has 2 aromatic carbocycles. The van der Waals surface area contributed by atoms with E-state index in [1.807, 2.05) is 60.9 Å². The van der Waals surface area contributed by atoms with Crippen LogP contribution in [0.2, 0.25) is 0 Å². The Bertz CT molecular complexity index is 1420. The summed E-state index contributed by atoms with van der Waals surface area (Å²) in [5, 5.41) is 2.67. The number of methoxy groups -OCH3 is 1. The van der Waals surface area contributed by atoms with Crippen molar-refractivity contribution in [3.63, 3.8) is 0 Å². The molecule has 0 saturated carbocycles. The van der Waals surface area contributed by atoms with E-state index in [9.17, 15) is 14.4 Å². The molecule has 0 atom stereocenters. The molecule has 1 fully saturated rings. The summed E-state index contributed by atoms with van der Waals surface area (Å²) in [7, 11) is 1.34. The highest BCUT2D eigenvalue weighted by molar-refractivity contribution is 7.80. The van der Waals surface area contributed by atoms with Gasteiger partial charge in [-0.05, 0) is 79.5 Å². The number of nitrogens with zero attached hydrogens (tertiary/aromatic N) is 2. The van der Waals surface area contributed by atoms with E-state index in [4.69, 9.17) is 17.0 Å². The van der Waals surface area contributed by atoms with E-state index in [0.29, 0.717) is 28.4 Å². The van der Waals surface area contributed by atoms with Crippen molar-refractivity contribution < 1.29 is 19.1 Å². The second kappa shape index (κ2) is 9.91. The van der Waals surface area contributed by atoms with E-state index in [1.165, 1.54) is 12.0 Å². The smallest absolute Gasteiger partial charge is 0.339 e. The van der Waals surface area contributed by atoms with Crippen LogP contribution in [0.5, 0.6) is 0 Å². The molecule has 0 unspecified atom stereocenters. The molecule has 36 heavy (non-hydrogen) atoms.